The van der Waals surface area contributed by atoms with Crippen LogP contribution in [0, 0.1) is 5.41 Å². The minimum atomic E-state index is -0.420. The molecule has 6 N–H and O–H groups in total. The van der Waals surface area contributed by atoms with E-state index in [1.807, 2.05) is 38.1 Å². The van der Waals surface area contributed by atoms with Crippen LogP contribution in [-0.2, 0) is 11.3 Å². The monoisotopic (exact) mass is 611 g/mol. The number of nitrogen functional groups attached to an aromatic ring is 1. The summed E-state index contributed by atoms with van der Waals surface area (Å²) in [6.45, 7) is 10.5. The van der Waals surface area contributed by atoms with Crippen LogP contribution in [0.25, 0.3) is 0 Å². The minimum absolute atomic E-state index is 0.0240. The first-order valence-electron chi connectivity index (χ1n) is 12.7. The summed E-state index contributed by atoms with van der Waals surface area (Å²) >= 11 is 9.78. The maximum absolute atomic E-state index is 12.7. The molecule has 0 atom stereocenters. The van der Waals surface area contributed by atoms with Crippen molar-refractivity contribution < 1.29 is 9.59 Å². The molecule has 9 heteroatoms. The van der Waals surface area contributed by atoms with Crippen LogP contribution in [0.3, 0.4) is 0 Å². The van der Waals surface area contributed by atoms with Crippen LogP contribution >= 0.6 is 27.5 Å². The van der Waals surface area contributed by atoms with E-state index in [2.05, 4.69) is 50.7 Å². The molecule has 0 saturated heterocycles. The Kier molecular flexibility index (Phi) is 10.4. The number of hydrogen-bond donors (Lipinski definition) is 5. The maximum Gasteiger partial charge on any atom is 0.255 e. The SMILES string of the molecule is C=C(Nc1ccc(C(=O)Nc2ccc(Br)cc2)cc1N)Nc1cc(CNC(=O)C(C)(C)CCCC)ccc1Cl. The quantitative estimate of drug-likeness (QED) is 0.134. The van der Waals surface area contributed by atoms with Gasteiger partial charge in [-0.15, -0.1) is 0 Å². The van der Waals surface area contributed by atoms with Crippen molar-refractivity contribution in [2.75, 3.05) is 21.7 Å². The summed E-state index contributed by atoms with van der Waals surface area (Å²) in [4.78, 5) is 25.3. The second-order valence-electron chi connectivity index (χ2n) is 9.98. The highest BCUT2D eigenvalue weighted by molar-refractivity contribution is 9.10. The van der Waals surface area contributed by atoms with E-state index < -0.39 is 5.41 Å². The number of halogens is 2. The summed E-state index contributed by atoms with van der Waals surface area (Å²) in [5, 5.41) is 12.7. The van der Waals surface area contributed by atoms with E-state index in [0.29, 0.717) is 45.7 Å². The Morgan fingerprint density at radius 1 is 0.974 bits per heavy atom. The molecule has 0 spiro atoms. The topological polar surface area (TPSA) is 108 Å². The number of unbranched alkanes of at least 4 members (excludes halogenated alkanes) is 1. The first kappa shape index (κ1) is 30.1. The van der Waals surface area contributed by atoms with Gasteiger partial charge in [0, 0.05) is 27.7 Å². The Bertz CT molecular complexity index is 1340. The van der Waals surface area contributed by atoms with Crippen LogP contribution in [0.4, 0.5) is 22.7 Å². The molecule has 0 fully saturated rings. The molecule has 3 aromatic rings. The van der Waals surface area contributed by atoms with Crippen molar-refractivity contribution in [1.29, 1.82) is 0 Å². The summed E-state index contributed by atoms with van der Waals surface area (Å²) in [5.74, 6) is 0.199. The van der Waals surface area contributed by atoms with Crippen LogP contribution in [-0.4, -0.2) is 11.8 Å². The van der Waals surface area contributed by atoms with Crippen molar-refractivity contribution in [1.82, 2.24) is 5.32 Å². The molecule has 3 rings (SSSR count). The molecule has 0 radical (unpaired) electrons. The van der Waals surface area contributed by atoms with E-state index in [4.69, 9.17) is 17.3 Å². The lowest BCUT2D eigenvalue weighted by atomic mass is 9.86. The van der Waals surface area contributed by atoms with E-state index in [9.17, 15) is 9.59 Å². The van der Waals surface area contributed by atoms with Gasteiger partial charge in [0.1, 0.15) is 5.82 Å². The zero-order valence-corrected chi connectivity index (χ0v) is 24.8. The minimum Gasteiger partial charge on any atom is -0.397 e. The van der Waals surface area contributed by atoms with E-state index in [-0.39, 0.29) is 11.8 Å². The van der Waals surface area contributed by atoms with Crippen LogP contribution in [0.5, 0.6) is 0 Å². The lowest BCUT2D eigenvalue weighted by molar-refractivity contribution is -0.129. The number of nitrogens with one attached hydrogen (secondary N) is 4. The van der Waals surface area contributed by atoms with Gasteiger partial charge in [0.15, 0.2) is 0 Å². The zero-order valence-electron chi connectivity index (χ0n) is 22.5. The molecular formula is C30H35BrClN5O2. The molecule has 0 heterocycles. The fraction of sp³-hybridized carbons (Fsp3) is 0.267. The predicted molar refractivity (Wildman–Crippen MR) is 166 cm³/mol. The maximum atomic E-state index is 12.7. The standard InChI is InChI=1S/C30H35BrClN5O2/c1-5-6-15-30(3,4)29(39)34-18-20-7-13-24(32)27(16-20)36-19(2)35-26-14-8-21(17-25(26)33)28(38)37-23-11-9-22(31)10-12-23/h7-14,16-17,35-36H,2,5-6,15,18,33H2,1,3-4H3,(H,34,39)(H,37,38). The largest absolute Gasteiger partial charge is 0.397 e. The van der Waals surface area contributed by atoms with Crippen molar-refractivity contribution in [3.05, 3.63) is 93.7 Å². The van der Waals surface area contributed by atoms with Crippen molar-refractivity contribution in [2.45, 2.75) is 46.6 Å². The van der Waals surface area contributed by atoms with Gasteiger partial charge in [-0.25, -0.2) is 0 Å². The van der Waals surface area contributed by atoms with Crippen LogP contribution < -0.4 is 27.0 Å². The Morgan fingerprint density at radius 3 is 2.33 bits per heavy atom. The molecule has 3 aromatic carbocycles. The Morgan fingerprint density at radius 2 is 1.67 bits per heavy atom. The van der Waals surface area contributed by atoms with Gasteiger partial charge in [0.05, 0.1) is 22.1 Å². The van der Waals surface area contributed by atoms with Gasteiger partial charge in [-0.05, 0) is 66.6 Å². The number of anilines is 4. The Labute approximate surface area is 243 Å². The second kappa shape index (κ2) is 13.5. The molecule has 0 aliphatic heterocycles. The van der Waals surface area contributed by atoms with E-state index >= 15 is 0 Å². The molecular weight excluding hydrogens is 578 g/mol. The van der Waals surface area contributed by atoms with E-state index in [0.717, 1.165) is 29.3 Å². The Hall–Kier alpha value is -3.49. The average molecular weight is 613 g/mol. The summed E-state index contributed by atoms with van der Waals surface area (Å²) < 4.78 is 0.927. The van der Waals surface area contributed by atoms with Gasteiger partial charge in [0.25, 0.3) is 5.91 Å². The van der Waals surface area contributed by atoms with Gasteiger partial charge in [-0.2, -0.15) is 0 Å². The number of carbonyl (C=O) groups is 2. The highest BCUT2D eigenvalue weighted by atomic mass is 79.9. The molecule has 0 aliphatic rings. The highest BCUT2D eigenvalue weighted by Crippen LogP contribution is 2.28. The Balaban J connectivity index is 1.60. The number of amides is 2. The summed E-state index contributed by atoms with van der Waals surface area (Å²) in [6, 6.07) is 17.8. The lowest BCUT2D eigenvalue weighted by Crippen LogP contribution is -2.36. The predicted octanol–water partition coefficient (Wildman–Crippen LogP) is 7.76. The molecule has 206 valence electrons. The summed E-state index contributed by atoms with van der Waals surface area (Å²) in [6.07, 6.45) is 2.91. The number of nitrogens with two attached hydrogens (primary N) is 1. The van der Waals surface area contributed by atoms with Gasteiger partial charge >= 0.3 is 0 Å². The first-order chi connectivity index (χ1) is 18.5. The number of benzene rings is 3. The smallest absolute Gasteiger partial charge is 0.255 e. The van der Waals surface area contributed by atoms with Gasteiger partial charge < -0.3 is 27.0 Å². The number of rotatable bonds is 12. The zero-order chi connectivity index (χ0) is 28.6. The molecule has 2 amide bonds. The van der Waals surface area contributed by atoms with Gasteiger partial charge in [0.2, 0.25) is 5.91 Å². The van der Waals surface area contributed by atoms with E-state index in [1.54, 1.807) is 36.4 Å². The molecule has 0 aromatic heterocycles. The van der Waals surface area contributed by atoms with Gasteiger partial charge in [-0.1, -0.05) is 73.8 Å². The highest BCUT2D eigenvalue weighted by Gasteiger charge is 2.26. The van der Waals surface area contributed by atoms with Crippen molar-refractivity contribution >= 4 is 62.1 Å². The molecule has 39 heavy (non-hydrogen) atoms. The number of hydrogen-bond acceptors (Lipinski definition) is 5. The third kappa shape index (κ3) is 8.76. The fourth-order valence-electron chi connectivity index (χ4n) is 3.84. The summed E-state index contributed by atoms with van der Waals surface area (Å²) in [5.41, 5.74) is 9.41. The van der Waals surface area contributed by atoms with Crippen LogP contribution in [0.2, 0.25) is 5.02 Å². The van der Waals surface area contributed by atoms with E-state index in [1.165, 1.54) is 0 Å². The lowest BCUT2D eigenvalue weighted by Gasteiger charge is -2.23. The van der Waals surface area contributed by atoms with Gasteiger partial charge in [-0.3, -0.25) is 9.59 Å². The third-order valence-electron chi connectivity index (χ3n) is 6.24. The van der Waals surface area contributed by atoms with Crippen LogP contribution in [0.15, 0.2) is 77.5 Å². The second-order valence-corrected chi connectivity index (χ2v) is 11.3. The molecule has 0 aliphatic carbocycles. The third-order valence-corrected chi connectivity index (χ3v) is 7.10. The summed E-state index contributed by atoms with van der Waals surface area (Å²) in [7, 11) is 0. The fourth-order valence-corrected chi connectivity index (χ4v) is 4.27. The van der Waals surface area contributed by atoms with Crippen molar-refractivity contribution in [3.63, 3.8) is 0 Å². The molecule has 0 saturated carbocycles. The normalized spacial score (nSPS) is 11.0. The molecule has 0 unspecified atom stereocenters. The van der Waals surface area contributed by atoms with Crippen molar-refractivity contribution in [3.8, 4) is 0 Å². The molecule has 7 nitrogen and oxygen atoms in total. The average Bonchev–Trinajstić information content (AvgIpc) is 2.90. The van der Waals surface area contributed by atoms with Crippen LogP contribution in [0.1, 0.15) is 56.0 Å². The molecule has 0 bridgehead atoms. The first-order valence-corrected chi connectivity index (χ1v) is 13.9. The number of carbonyl (C=O) groups excluding carboxylic acids is 2. The van der Waals surface area contributed by atoms with Crippen molar-refractivity contribution in [2.24, 2.45) is 5.41 Å².